The molecule has 0 aliphatic carbocycles. The third-order valence-electron chi connectivity index (χ3n) is 3.91. The average molecular weight is 416 g/mol. The van der Waals surface area contributed by atoms with Crippen molar-refractivity contribution in [3.63, 3.8) is 0 Å². The highest BCUT2D eigenvalue weighted by molar-refractivity contribution is 9.10. The molecule has 5 heteroatoms. The number of nitrogens with one attached hydrogen (secondary N) is 1. The summed E-state index contributed by atoms with van der Waals surface area (Å²) in [6.45, 7) is 0. The summed E-state index contributed by atoms with van der Waals surface area (Å²) >= 11 is 3.33. The molecule has 3 nitrogen and oxygen atoms in total. The number of halogens is 1. The van der Waals surface area contributed by atoms with Crippen molar-refractivity contribution in [2.24, 2.45) is 0 Å². The van der Waals surface area contributed by atoms with Crippen LogP contribution in [0.25, 0.3) is 0 Å². The van der Waals surface area contributed by atoms with E-state index in [1.165, 1.54) is 0 Å². The molecule has 0 amide bonds. The number of benzene rings is 3. The molecule has 0 heterocycles. The monoisotopic (exact) mass is 415 g/mol. The van der Waals surface area contributed by atoms with E-state index >= 15 is 0 Å². The van der Waals surface area contributed by atoms with Gasteiger partial charge in [0, 0.05) is 4.47 Å². The van der Waals surface area contributed by atoms with E-state index in [4.69, 9.17) is 0 Å². The van der Waals surface area contributed by atoms with Crippen LogP contribution in [0.15, 0.2) is 94.3 Å². The Morgan fingerprint density at radius 2 is 1.36 bits per heavy atom. The van der Waals surface area contributed by atoms with Gasteiger partial charge in [0.1, 0.15) is 0 Å². The highest BCUT2D eigenvalue weighted by Crippen LogP contribution is 2.22. The number of sulfonamides is 1. The van der Waals surface area contributed by atoms with E-state index in [1.54, 1.807) is 24.3 Å². The van der Waals surface area contributed by atoms with Crippen LogP contribution in [0.5, 0.6) is 0 Å². The zero-order valence-electron chi connectivity index (χ0n) is 13.5. The Bertz CT molecular complexity index is 911. The highest BCUT2D eigenvalue weighted by Gasteiger charge is 2.21. The zero-order valence-corrected chi connectivity index (χ0v) is 15.9. The first-order chi connectivity index (χ1) is 12.0. The molecular formula is C20H18BrNO2S. The normalized spacial score (nSPS) is 12.7. The van der Waals surface area contributed by atoms with Crippen molar-refractivity contribution in [1.82, 2.24) is 4.72 Å². The van der Waals surface area contributed by atoms with Gasteiger partial charge < -0.3 is 0 Å². The summed E-state index contributed by atoms with van der Waals surface area (Å²) in [6.07, 6.45) is 0.584. The van der Waals surface area contributed by atoms with Crippen molar-refractivity contribution in [2.75, 3.05) is 0 Å². The maximum atomic E-state index is 12.8. The van der Waals surface area contributed by atoms with E-state index in [2.05, 4.69) is 20.7 Å². The van der Waals surface area contributed by atoms with E-state index in [0.717, 1.165) is 15.6 Å². The van der Waals surface area contributed by atoms with Crippen LogP contribution in [0.4, 0.5) is 0 Å². The molecule has 0 bridgehead atoms. The van der Waals surface area contributed by atoms with Gasteiger partial charge in [0.15, 0.2) is 0 Å². The lowest BCUT2D eigenvalue weighted by atomic mass is 10.00. The fourth-order valence-electron chi connectivity index (χ4n) is 2.63. The molecule has 128 valence electrons. The first-order valence-electron chi connectivity index (χ1n) is 7.91. The fraction of sp³-hybridized carbons (Fsp3) is 0.100. The first-order valence-corrected chi connectivity index (χ1v) is 10.2. The summed E-state index contributed by atoms with van der Waals surface area (Å²) in [4.78, 5) is 0.254. The van der Waals surface area contributed by atoms with Gasteiger partial charge in [0.2, 0.25) is 10.0 Å². The summed E-state index contributed by atoms with van der Waals surface area (Å²) < 4.78 is 29.3. The van der Waals surface area contributed by atoms with Crippen LogP contribution in [-0.4, -0.2) is 8.42 Å². The Labute approximate surface area is 156 Å². The molecule has 25 heavy (non-hydrogen) atoms. The van der Waals surface area contributed by atoms with Crippen molar-refractivity contribution >= 4 is 26.0 Å². The number of hydrogen-bond donors (Lipinski definition) is 1. The molecule has 0 spiro atoms. The van der Waals surface area contributed by atoms with Gasteiger partial charge in [-0.3, -0.25) is 0 Å². The molecule has 0 aromatic heterocycles. The third kappa shape index (κ3) is 4.78. The molecule has 1 unspecified atom stereocenters. The quantitative estimate of drug-likeness (QED) is 0.633. The lowest BCUT2D eigenvalue weighted by Gasteiger charge is -2.19. The standard InChI is InChI=1S/C20H18BrNO2S/c21-18-11-13-19(14-12-18)25(23,24)22-20(17-9-5-2-6-10-17)15-16-7-3-1-4-8-16/h1-14,20,22H,15H2. The minimum atomic E-state index is -3.62. The molecule has 1 N–H and O–H groups in total. The van der Waals surface area contributed by atoms with Crippen molar-refractivity contribution in [2.45, 2.75) is 17.4 Å². The maximum Gasteiger partial charge on any atom is 0.241 e. The maximum absolute atomic E-state index is 12.8. The molecule has 3 aromatic carbocycles. The largest absolute Gasteiger partial charge is 0.241 e. The second-order valence-electron chi connectivity index (χ2n) is 5.73. The van der Waals surface area contributed by atoms with Crippen LogP contribution in [0, 0.1) is 0 Å². The van der Waals surface area contributed by atoms with Gasteiger partial charge in [0.25, 0.3) is 0 Å². The average Bonchev–Trinajstić information content (AvgIpc) is 2.63. The molecule has 0 radical (unpaired) electrons. The van der Waals surface area contributed by atoms with Gasteiger partial charge >= 0.3 is 0 Å². The molecule has 0 saturated heterocycles. The van der Waals surface area contributed by atoms with Gasteiger partial charge in [0.05, 0.1) is 10.9 Å². The van der Waals surface area contributed by atoms with Crippen LogP contribution in [0.1, 0.15) is 17.2 Å². The Morgan fingerprint density at radius 3 is 1.96 bits per heavy atom. The summed E-state index contributed by atoms with van der Waals surface area (Å²) in [5.41, 5.74) is 2.02. The Balaban J connectivity index is 1.90. The molecule has 1 atom stereocenters. The zero-order chi connectivity index (χ0) is 17.7. The number of rotatable bonds is 6. The van der Waals surface area contributed by atoms with Gasteiger partial charge in [-0.1, -0.05) is 76.6 Å². The summed E-state index contributed by atoms with van der Waals surface area (Å²) in [5, 5.41) is 0. The minimum absolute atomic E-state index is 0.254. The second-order valence-corrected chi connectivity index (χ2v) is 8.36. The Kier molecular flexibility index (Phi) is 5.68. The van der Waals surface area contributed by atoms with E-state index in [9.17, 15) is 8.42 Å². The molecule has 0 fully saturated rings. The van der Waals surface area contributed by atoms with Crippen LogP contribution in [0.3, 0.4) is 0 Å². The van der Waals surface area contributed by atoms with Crippen LogP contribution >= 0.6 is 15.9 Å². The van der Waals surface area contributed by atoms with E-state index < -0.39 is 10.0 Å². The molecule has 3 rings (SSSR count). The Morgan fingerprint density at radius 1 is 0.800 bits per heavy atom. The van der Waals surface area contributed by atoms with E-state index in [-0.39, 0.29) is 10.9 Å². The van der Waals surface area contributed by atoms with Crippen molar-refractivity contribution in [3.8, 4) is 0 Å². The SMILES string of the molecule is O=S(=O)(NC(Cc1ccccc1)c1ccccc1)c1ccc(Br)cc1. The second kappa shape index (κ2) is 7.95. The predicted molar refractivity (Wildman–Crippen MR) is 104 cm³/mol. The highest BCUT2D eigenvalue weighted by atomic mass is 79.9. The Hall–Kier alpha value is -1.95. The van der Waals surface area contributed by atoms with Crippen molar-refractivity contribution in [3.05, 3.63) is 101 Å². The van der Waals surface area contributed by atoms with Gasteiger partial charge in [-0.15, -0.1) is 0 Å². The summed E-state index contributed by atoms with van der Waals surface area (Å²) in [5.74, 6) is 0. The van der Waals surface area contributed by atoms with Gasteiger partial charge in [-0.05, 0) is 41.8 Å². The first kappa shape index (κ1) is 17.9. The molecule has 0 aliphatic rings. The number of hydrogen-bond acceptors (Lipinski definition) is 2. The van der Waals surface area contributed by atoms with Crippen LogP contribution < -0.4 is 4.72 Å². The van der Waals surface area contributed by atoms with Crippen molar-refractivity contribution in [1.29, 1.82) is 0 Å². The molecule has 3 aromatic rings. The molecule has 0 saturated carbocycles. The predicted octanol–water partition coefficient (Wildman–Crippen LogP) is 4.71. The topological polar surface area (TPSA) is 46.2 Å². The fourth-order valence-corrected chi connectivity index (χ4v) is 4.12. The lowest BCUT2D eigenvalue weighted by molar-refractivity contribution is 0.555. The van der Waals surface area contributed by atoms with Crippen LogP contribution in [-0.2, 0) is 16.4 Å². The molecule has 0 aliphatic heterocycles. The summed E-state index contributed by atoms with van der Waals surface area (Å²) in [6, 6.07) is 25.8. The van der Waals surface area contributed by atoms with Gasteiger partial charge in [-0.25, -0.2) is 13.1 Å². The van der Waals surface area contributed by atoms with Crippen molar-refractivity contribution < 1.29 is 8.42 Å². The summed E-state index contributed by atoms with van der Waals surface area (Å²) in [7, 11) is -3.62. The third-order valence-corrected chi connectivity index (χ3v) is 5.92. The lowest BCUT2D eigenvalue weighted by Crippen LogP contribution is -2.30. The van der Waals surface area contributed by atoms with E-state index in [0.29, 0.717) is 6.42 Å². The van der Waals surface area contributed by atoms with E-state index in [1.807, 2.05) is 60.7 Å². The smallest absolute Gasteiger partial charge is 0.207 e. The van der Waals surface area contributed by atoms with Crippen LogP contribution in [0.2, 0.25) is 0 Å². The van der Waals surface area contributed by atoms with Gasteiger partial charge in [-0.2, -0.15) is 0 Å². The molecular weight excluding hydrogens is 398 g/mol. The minimum Gasteiger partial charge on any atom is -0.207 e.